The molecule has 1 amide bonds. The molecule has 0 aromatic carbocycles. The van der Waals surface area contributed by atoms with Crippen LogP contribution < -0.4 is 5.32 Å². The minimum atomic E-state index is 0.212. The van der Waals surface area contributed by atoms with Crippen molar-refractivity contribution in [1.82, 2.24) is 10.3 Å². The predicted molar refractivity (Wildman–Crippen MR) is 66.9 cm³/mol. The van der Waals surface area contributed by atoms with Crippen molar-refractivity contribution in [2.45, 2.75) is 32.3 Å². The summed E-state index contributed by atoms with van der Waals surface area (Å²) >= 11 is 1.61. The van der Waals surface area contributed by atoms with E-state index in [0.717, 1.165) is 30.0 Å². The highest BCUT2D eigenvalue weighted by Crippen LogP contribution is 2.26. The number of methoxy groups -OCH3 is 1. The first kappa shape index (κ1) is 12.5. The van der Waals surface area contributed by atoms with E-state index in [1.165, 1.54) is 6.42 Å². The van der Waals surface area contributed by atoms with Gasteiger partial charge in [-0.25, -0.2) is 4.98 Å². The summed E-state index contributed by atoms with van der Waals surface area (Å²) in [5.74, 6) is 0.484. The third-order valence-electron chi connectivity index (χ3n) is 3.02. The van der Waals surface area contributed by atoms with Crippen LogP contribution >= 0.6 is 11.3 Å². The number of ether oxygens (including phenoxy) is 1. The van der Waals surface area contributed by atoms with Gasteiger partial charge in [-0.3, -0.25) is 4.79 Å². The van der Waals surface area contributed by atoms with Crippen LogP contribution in [0.3, 0.4) is 0 Å². The van der Waals surface area contributed by atoms with Gasteiger partial charge in [0.1, 0.15) is 5.01 Å². The average Bonchev–Trinajstić information content (AvgIpc) is 2.64. The van der Waals surface area contributed by atoms with E-state index in [2.05, 4.69) is 10.3 Å². The normalized spacial score (nSPS) is 15.6. The Balaban J connectivity index is 1.68. The fourth-order valence-corrected chi connectivity index (χ4v) is 2.58. The Morgan fingerprint density at radius 2 is 2.47 bits per heavy atom. The number of hydrogen-bond donors (Lipinski definition) is 1. The van der Waals surface area contributed by atoms with Gasteiger partial charge < -0.3 is 10.1 Å². The molecule has 1 fully saturated rings. The number of rotatable bonds is 6. The monoisotopic (exact) mass is 254 g/mol. The zero-order valence-electron chi connectivity index (χ0n) is 10.1. The molecular formula is C12H18N2O2S. The number of nitrogens with one attached hydrogen (secondary N) is 1. The zero-order valence-corrected chi connectivity index (χ0v) is 10.9. The van der Waals surface area contributed by atoms with Gasteiger partial charge in [-0.2, -0.15) is 0 Å². The van der Waals surface area contributed by atoms with Gasteiger partial charge in [-0.05, 0) is 12.8 Å². The Labute approximate surface area is 105 Å². The summed E-state index contributed by atoms with van der Waals surface area (Å²) in [5.41, 5.74) is 1.04. The molecule has 1 N–H and O–H groups in total. The number of hydrogen-bond acceptors (Lipinski definition) is 4. The highest BCUT2D eigenvalue weighted by atomic mass is 32.1. The van der Waals surface area contributed by atoms with E-state index in [4.69, 9.17) is 4.74 Å². The third-order valence-corrected chi connectivity index (χ3v) is 3.89. The largest absolute Gasteiger partial charge is 0.378 e. The van der Waals surface area contributed by atoms with Crippen LogP contribution in [0.15, 0.2) is 5.38 Å². The van der Waals surface area contributed by atoms with Crippen LogP contribution in [0.25, 0.3) is 0 Å². The van der Waals surface area contributed by atoms with E-state index in [0.29, 0.717) is 13.2 Å². The maximum absolute atomic E-state index is 11.6. The molecule has 5 heteroatoms. The number of thiazole rings is 1. The summed E-state index contributed by atoms with van der Waals surface area (Å²) in [6.45, 7) is 1.25. The van der Waals surface area contributed by atoms with E-state index in [9.17, 15) is 4.79 Å². The van der Waals surface area contributed by atoms with Crippen molar-refractivity contribution in [1.29, 1.82) is 0 Å². The van der Waals surface area contributed by atoms with Gasteiger partial charge in [0.25, 0.3) is 0 Å². The van der Waals surface area contributed by atoms with Crippen molar-refractivity contribution < 1.29 is 9.53 Å². The van der Waals surface area contributed by atoms with E-state index in [1.807, 2.05) is 5.38 Å². The molecule has 0 atom stereocenters. The quantitative estimate of drug-likeness (QED) is 0.841. The molecule has 1 aromatic heterocycles. The Bertz CT molecular complexity index is 374. The maximum atomic E-state index is 11.6. The molecule has 1 saturated carbocycles. The highest BCUT2D eigenvalue weighted by Gasteiger charge is 2.24. The Hall–Kier alpha value is -0.940. The second-order valence-electron chi connectivity index (χ2n) is 4.33. The molecule has 17 heavy (non-hydrogen) atoms. The second-order valence-corrected chi connectivity index (χ2v) is 5.28. The van der Waals surface area contributed by atoms with Crippen LogP contribution in [0.1, 0.15) is 30.0 Å². The third kappa shape index (κ3) is 3.51. The fourth-order valence-electron chi connectivity index (χ4n) is 1.78. The molecule has 2 rings (SSSR count). The van der Waals surface area contributed by atoms with Gasteiger partial charge in [0.15, 0.2) is 0 Å². The molecule has 0 spiro atoms. The van der Waals surface area contributed by atoms with E-state index >= 15 is 0 Å². The molecule has 0 unspecified atom stereocenters. The summed E-state index contributed by atoms with van der Waals surface area (Å²) < 4.78 is 5.02. The Kier molecular flexibility index (Phi) is 4.50. The lowest BCUT2D eigenvalue weighted by molar-refractivity contribution is -0.127. The molecular weight excluding hydrogens is 236 g/mol. The van der Waals surface area contributed by atoms with Crippen LogP contribution in [0, 0.1) is 5.92 Å². The van der Waals surface area contributed by atoms with Crippen LogP contribution in [-0.2, 0) is 22.6 Å². The minimum Gasteiger partial charge on any atom is -0.378 e. The summed E-state index contributed by atoms with van der Waals surface area (Å²) in [7, 11) is 1.67. The SMILES string of the molecule is COCc1nc(CCNC(=O)C2CCC2)cs1. The van der Waals surface area contributed by atoms with Gasteiger partial charge in [-0.1, -0.05) is 6.42 Å². The standard InChI is InChI=1S/C12H18N2O2S/c1-16-7-11-14-10(8-17-11)5-6-13-12(15)9-3-2-4-9/h8-9H,2-7H2,1H3,(H,13,15). The Morgan fingerprint density at radius 3 is 3.12 bits per heavy atom. The molecule has 1 aromatic rings. The molecule has 1 heterocycles. The van der Waals surface area contributed by atoms with E-state index in [-0.39, 0.29) is 11.8 Å². The van der Waals surface area contributed by atoms with Crippen LogP contribution in [0.5, 0.6) is 0 Å². The number of carbonyl (C=O) groups is 1. The molecule has 1 aliphatic carbocycles. The van der Waals surface area contributed by atoms with Crippen molar-refractivity contribution in [2.24, 2.45) is 5.92 Å². The van der Waals surface area contributed by atoms with Gasteiger partial charge in [0.2, 0.25) is 5.91 Å². The smallest absolute Gasteiger partial charge is 0.223 e. The van der Waals surface area contributed by atoms with Crippen molar-refractivity contribution in [3.8, 4) is 0 Å². The van der Waals surface area contributed by atoms with Crippen molar-refractivity contribution >= 4 is 17.2 Å². The summed E-state index contributed by atoms with van der Waals surface area (Å²) in [5, 5.41) is 5.99. The lowest BCUT2D eigenvalue weighted by Crippen LogP contribution is -2.35. The topological polar surface area (TPSA) is 51.2 Å². The summed E-state index contributed by atoms with van der Waals surface area (Å²) in [6, 6.07) is 0. The van der Waals surface area contributed by atoms with Crippen molar-refractivity contribution in [3.05, 3.63) is 16.1 Å². The summed E-state index contributed by atoms with van der Waals surface area (Å²) in [6.07, 6.45) is 4.12. The first-order valence-electron chi connectivity index (χ1n) is 5.99. The first-order chi connectivity index (χ1) is 8.29. The van der Waals surface area contributed by atoms with Gasteiger partial charge >= 0.3 is 0 Å². The van der Waals surface area contributed by atoms with Crippen molar-refractivity contribution in [3.63, 3.8) is 0 Å². The zero-order chi connectivity index (χ0) is 12.1. The van der Waals surface area contributed by atoms with E-state index in [1.54, 1.807) is 18.4 Å². The lowest BCUT2D eigenvalue weighted by Gasteiger charge is -2.23. The maximum Gasteiger partial charge on any atom is 0.223 e. The molecule has 0 saturated heterocycles. The number of carbonyl (C=O) groups excluding carboxylic acids is 1. The number of aromatic nitrogens is 1. The van der Waals surface area contributed by atoms with Gasteiger partial charge in [0, 0.05) is 31.4 Å². The minimum absolute atomic E-state index is 0.212. The van der Waals surface area contributed by atoms with Crippen molar-refractivity contribution in [2.75, 3.05) is 13.7 Å². The lowest BCUT2D eigenvalue weighted by atomic mass is 9.85. The highest BCUT2D eigenvalue weighted by molar-refractivity contribution is 7.09. The van der Waals surface area contributed by atoms with E-state index < -0.39 is 0 Å². The fraction of sp³-hybridized carbons (Fsp3) is 0.667. The molecule has 0 aliphatic heterocycles. The van der Waals surface area contributed by atoms with Gasteiger partial charge in [-0.15, -0.1) is 11.3 Å². The molecule has 1 aliphatic rings. The van der Waals surface area contributed by atoms with Crippen LogP contribution in [-0.4, -0.2) is 24.5 Å². The number of amides is 1. The second kappa shape index (κ2) is 6.12. The van der Waals surface area contributed by atoms with Crippen LogP contribution in [0.2, 0.25) is 0 Å². The Morgan fingerprint density at radius 1 is 1.65 bits per heavy atom. The van der Waals surface area contributed by atoms with Gasteiger partial charge in [0.05, 0.1) is 12.3 Å². The first-order valence-corrected chi connectivity index (χ1v) is 6.87. The van der Waals surface area contributed by atoms with Crippen LogP contribution in [0.4, 0.5) is 0 Å². The molecule has 0 bridgehead atoms. The molecule has 0 radical (unpaired) electrons. The summed E-state index contributed by atoms with van der Waals surface area (Å²) in [4.78, 5) is 16.0. The molecule has 4 nitrogen and oxygen atoms in total. The number of nitrogens with zero attached hydrogens (tertiary/aromatic N) is 1. The molecule has 94 valence electrons. The average molecular weight is 254 g/mol. The predicted octanol–water partition coefficient (Wildman–Crippen LogP) is 1.75.